The predicted octanol–water partition coefficient (Wildman–Crippen LogP) is 5.45. The fraction of sp³-hybridized carbons (Fsp3) is 0.250. The van der Waals surface area contributed by atoms with E-state index in [1.54, 1.807) is 0 Å². The highest BCUT2D eigenvalue weighted by Gasteiger charge is 2.43. The molecule has 0 amide bonds. The molecule has 1 aromatic carbocycles. The maximum absolute atomic E-state index is 12.8. The van der Waals surface area contributed by atoms with Crippen molar-refractivity contribution in [2.24, 2.45) is 0 Å². The van der Waals surface area contributed by atoms with Gasteiger partial charge < -0.3 is 5.32 Å². The summed E-state index contributed by atoms with van der Waals surface area (Å²) in [5, 5.41) is 2.61. The molecule has 22 heavy (non-hydrogen) atoms. The van der Waals surface area contributed by atoms with Gasteiger partial charge in [-0.05, 0) is 18.2 Å². The Labute approximate surface area is 129 Å². The Morgan fingerprint density at radius 2 is 1.68 bits per heavy atom. The third kappa shape index (κ3) is 4.04. The van der Waals surface area contributed by atoms with Gasteiger partial charge in [0.25, 0.3) is 0 Å². The summed E-state index contributed by atoms with van der Waals surface area (Å²) in [5.41, 5.74) is -3.52. The standard InChI is InChI=1S/C12H7ClF6N2S/c13-10-21-5-7(22-10)4-20-6-1-2-8(11(14,15)16)9(3-6)12(17,18)19/h1-3,5,20H,4H2. The fourth-order valence-electron chi connectivity index (χ4n) is 1.69. The second-order valence-electron chi connectivity index (χ2n) is 4.19. The van der Waals surface area contributed by atoms with Crippen molar-refractivity contribution in [3.63, 3.8) is 0 Å². The number of nitrogens with one attached hydrogen (secondary N) is 1. The first-order valence-electron chi connectivity index (χ1n) is 5.70. The number of anilines is 1. The summed E-state index contributed by atoms with van der Waals surface area (Å²) in [6.07, 6.45) is -8.75. The lowest BCUT2D eigenvalue weighted by Crippen LogP contribution is -2.17. The van der Waals surface area contributed by atoms with Crippen LogP contribution < -0.4 is 5.32 Å². The van der Waals surface area contributed by atoms with Gasteiger partial charge in [-0.25, -0.2) is 4.98 Å². The molecular formula is C12H7ClF6N2S. The van der Waals surface area contributed by atoms with Gasteiger partial charge in [0.15, 0.2) is 4.47 Å². The Morgan fingerprint density at radius 3 is 2.18 bits per heavy atom. The Kier molecular flexibility index (Phi) is 4.57. The summed E-state index contributed by atoms with van der Waals surface area (Å²) < 4.78 is 76.4. The van der Waals surface area contributed by atoms with E-state index in [1.165, 1.54) is 6.20 Å². The van der Waals surface area contributed by atoms with Gasteiger partial charge in [0, 0.05) is 16.8 Å². The molecule has 0 aliphatic rings. The van der Waals surface area contributed by atoms with Crippen LogP contribution in [0.2, 0.25) is 4.47 Å². The maximum atomic E-state index is 12.8. The molecule has 0 aliphatic heterocycles. The largest absolute Gasteiger partial charge is 0.417 e. The highest BCUT2D eigenvalue weighted by molar-refractivity contribution is 7.15. The van der Waals surface area contributed by atoms with Crippen molar-refractivity contribution in [3.05, 3.63) is 44.9 Å². The minimum atomic E-state index is -5.10. The van der Waals surface area contributed by atoms with Crippen LogP contribution in [0.3, 0.4) is 0 Å². The number of benzene rings is 1. The molecule has 2 aromatic rings. The average molecular weight is 361 g/mol. The number of rotatable bonds is 3. The first kappa shape index (κ1) is 16.9. The number of thiazole rings is 1. The normalized spacial score (nSPS) is 12.5. The first-order chi connectivity index (χ1) is 10.1. The SMILES string of the molecule is FC(F)(F)c1ccc(NCc2cnc(Cl)s2)cc1C(F)(F)F. The lowest BCUT2D eigenvalue weighted by Gasteiger charge is -2.17. The number of hydrogen-bond donors (Lipinski definition) is 1. The molecule has 0 saturated heterocycles. The van der Waals surface area contributed by atoms with Crippen LogP contribution in [0.1, 0.15) is 16.0 Å². The molecule has 1 aromatic heterocycles. The molecule has 0 radical (unpaired) electrons. The molecule has 10 heteroatoms. The zero-order valence-corrected chi connectivity index (χ0v) is 12.1. The molecular weight excluding hydrogens is 354 g/mol. The molecule has 0 saturated carbocycles. The van der Waals surface area contributed by atoms with Crippen molar-refractivity contribution in [1.82, 2.24) is 4.98 Å². The van der Waals surface area contributed by atoms with E-state index in [4.69, 9.17) is 11.6 Å². The summed E-state index contributed by atoms with van der Waals surface area (Å²) >= 11 is 6.72. The summed E-state index contributed by atoms with van der Waals surface area (Å²) in [6.45, 7) is 0.104. The lowest BCUT2D eigenvalue weighted by molar-refractivity contribution is -0.162. The fourth-order valence-corrected chi connectivity index (χ4v) is 2.61. The second-order valence-corrected chi connectivity index (χ2v) is 5.89. The highest BCUT2D eigenvalue weighted by atomic mass is 35.5. The van der Waals surface area contributed by atoms with Crippen molar-refractivity contribution < 1.29 is 26.3 Å². The van der Waals surface area contributed by atoms with E-state index >= 15 is 0 Å². The lowest BCUT2D eigenvalue weighted by atomic mass is 10.1. The van der Waals surface area contributed by atoms with Gasteiger partial charge in [-0.2, -0.15) is 26.3 Å². The zero-order chi connectivity index (χ0) is 16.5. The zero-order valence-electron chi connectivity index (χ0n) is 10.5. The smallest absolute Gasteiger partial charge is 0.380 e. The van der Waals surface area contributed by atoms with Crippen molar-refractivity contribution >= 4 is 28.6 Å². The molecule has 2 rings (SSSR count). The summed E-state index contributed by atoms with van der Waals surface area (Å²) in [7, 11) is 0. The number of aromatic nitrogens is 1. The van der Waals surface area contributed by atoms with E-state index in [1.807, 2.05) is 0 Å². The third-order valence-electron chi connectivity index (χ3n) is 2.62. The Hall–Kier alpha value is -1.48. The van der Waals surface area contributed by atoms with Crippen LogP contribution in [0.15, 0.2) is 24.4 Å². The Morgan fingerprint density at radius 1 is 1.05 bits per heavy atom. The topological polar surface area (TPSA) is 24.9 Å². The third-order valence-corrected chi connectivity index (χ3v) is 3.74. The van der Waals surface area contributed by atoms with Gasteiger partial charge >= 0.3 is 12.4 Å². The quantitative estimate of drug-likeness (QED) is 0.737. The number of hydrogen-bond acceptors (Lipinski definition) is 3. The van der Waals surface area contributed by atoms with E-state index in [2.05, 4.69) is 10.3 Å². The minimum Gasteiger partial charge on any atom is -0.380 e. The molecule has 0 unspecified atom stereocenters. The minimum absolute atomic E-state index is 0.0788. The first-order valence-corrected chi connectivity index (χ1v) is 6.89. The molecule has 0 atom stereocenters. The van der Waals surface area contributed by atoms with Crippen molar-refractivity contribution in [1.29, 1.82) is 0 Å². The summed E-state index contributed by atoms with van der Waals surface area (Å²) in [5.74, 6) is 0. The van der Waals surface area contributed by atoms with E-state index in [0.29, 0.717) is 17.0 Å². The van der Waals surface area contributed by atoms with Gasteiger partial charge in [-0.1, -0.05) is 11.6 Å². The van der Waals surface area contributed by atoms with Crippen LogP contribution in [0.5, 0.6) is 0 Å². The molecule has 2 nitrogen and oxygen atoms in total. The van der Waals surface area contributed by atoms with Gasteiger partial charge in [-0.15, -0.1) is 11.3 Å². The molecule has 0 fully saturated rings. The van der Waals surface area contributed by atoms with E-state index in [9.17, 15) is 26.3 Å². The van der Waals surface area contributed by atoms with Crippen LogP contribution in [0, 0.1) is 0 Å². The average Bonchev–Trinajstić information content (AvgIpc) is 2.80. The van der Waals surface area contributed by atoms with Crippen LogP contribution in [0.25, 0.3) is 0 Å². The van der Waals surface area contributed by atoms with Crippen LogP contribution in [-0.2, 0) is 18.9 Å². The molecule has 1 N–H and O–H groups in total. The molecule has 0 bridgehead atoms. The Balaban J connectivity index is 2.27. The van der Waals surface area contributed by atoms with Crippen LogP contribution in [0.4, 0.5) is 32.0 Å². The van der Waals surface area contributed by atoms with Gasteiger partial charge in [0.2, 0.25) is 0 Å². The number of nitrogens with zero attached hydrogens (tertiary/aromatic N) is 1. The van der Waals surface area contributed by atoms with E-state index in [0.717, 1.165) is 17.4 Å². The van der Waals surface area contributed by atoms with Gasteiger partial charge in [0.1, 0.15) is 0 Å². The van der Waals surface area contributed by atoms with Crippen molar-refractivity contribution in [2.45, 2.75) is 18.9 Å². The molecule has 1 heterocycles. The predicted molar refractivity (Wildman–Crippen MR) is 70.9 cm³/mol. The second kappa shape index (κ2) is 5.96. The van der Waals surface area contributed by atoms with Crippen LogP contribution >= 0.6 is 22.9 Å². The Bertz CT molecular complexity index is 664. The highest BCUT2D eigenvalue weighted by Crippen LogP contribution is 2.41. The van der Waals surface area contributed by atoms with E-state index < -0.39 is 23.5 Å². The van der Waals surface area contributed by atoms with Crippen molar-refractivity contribution in [3.8, 4) is 0 Å². The molecule has 0 spiro atoms. The van der Waals surface area contributed by atoms with Gasteiger partial charge in [-0.3, -0.25) is 0 Å². The molecule has 0 aliphatic carbocycles. The van der Waals surface area contributed by atoms with E-state index in [-0.39, 0.29) is 16.7 Å². The number of halogens is 7. The maximum Gasteiger partial charge on any atom is 0.417 e. The van der Waals surface area contributed by atoms with Crippen molar-refractivity contribution in [2.75, 3.05) is 5.32 Å². The molecule has 120 valence electrons. The summed E-state index contributed by atoms with van der Waals surface area (Å²) in [4.78, 5) is 4.38. The number of alkyl halides is 6. The monoisotopic (exact) mass is 360 g/mol. The van der Waals surface area contributed by atoms with Gasteiger partial charge in [0.05, 0.1) is 17.7 Å². The summed E-state index contributed by atoms with van der Waals surface area (Å²) in [6, 6.07) is 1.79. The van der Waals surface area contributed by atoms with Crippen LogP contribution in [-0.4, -0.2) is 4.98 Å².